The number of rotatable bonds is 28. The molecule has 0 aromatic carbocycles. The Labute approximate surface area is 277 Å². The molecule has 0 spiro atoms. The Hall–Kier alpha value is -2.28. The van der Waals surface area contributed by atoms with E-state index in [0.717, 1.165) is 38.5 Å². The molecule has 272 valence electrons. The monoisotopic (exact) mass is 664 g/mol. The van der Waals surface area contributed by atoms with Crippen molar-refractivity contribution in [1.29, 1.82) is 0 Å². The molecule has 0 bridgehead atoms. The Bertz CT molecular complexity index is 690. The van der Waals surface area contributed by atoms with Gasteiger partial charge in [0.15, 0.2) is 0 Å². The molecule has 0 aliphatic heterocycles. The van der Waals surface area contributed by atoms with Crippen LogP contribution in [0.1, 0.15) is 93.9 Å². The maximum absolute atomic E-state index is 11.6. The van der Waals surface area contributed by atoms with Crippen molar-refractivity contribution in [1.82, 2.24) is 0 Å². The molecule has 12 heteroatoms. The molecule has 0 aromatic rings. The Morgan fingerprint density at radius 2 is 0.565 bits per heavy atom. The molecule has 0 radical (unpaired) electrons. The first-order valence-electron chi connectivity index (χ1n) is 17.1. The molecule has 0 fully saturated rings. The van der Waals surface area contributed by atoms with Crippen molar-refractivity contribution in [2.45, 2.75) is 93.9 Å². The third-order valence-electron chi connectivity index (χ3n) is 7.30. The van der Waals surface area contributed by atoms with Gasteiger partial charge in [0.05, 0.1) is 76.5 Å². The molecule has 2 unspecified atom stereocenters. The minimum Gasteiger partial charge on any atom is -0.463 e. The van der Waals surface area contributed by atoms with Crippen molar-refractivity contribution in [2.24, 2.45) is 23.7 Å². The standard InChI is InChI=1S/C18H34O6.C16H30O6/c1-5-15(6-2)17(19)23-13-11-21-9-10-22-12-14-24-18(20)16(7-3)8-4;1-5-13(3)15(17)21-11-9-19-7-8-20-10-12-22-16(18)14(4)6-2/h15-16H,5-14H2,1-4H3;13-14H,5-12H2,1-4H3. The second kappa shape index (κ2) is 32.7. The van der Waals surface area contributed by atoms with Gasteiger partial charge in [-0.1, -0.05) is 55.4 Å². The van der Waals surface area contributed by atoms with E-state index in [1.807, 2.05) is 55.4 Å². The molecule has 0 rings (SSSR count). The summed E-state index contributed by atoms with van der Waals surface area (Å²) in [5.41, 5.74) is 0. The van der Waals surface area contributed by atoms with Crippen LogP contribution in [0.25, 0.3) is 0 Å². The van der Waals surface area contributed by atoms with Crippen molar-refractivity contribution in [3.05, 3.63) is 0 Å². The molecule has 0 saturated heterocycles. The molecular weight excluding hydrogens is 600 g/mol. The minimum absolute atomic E-state index is 0.0175. The highest BCUT2D eigenvalue weighted by atomic mass is 16.6. The summed E-state index contributed by atoms with van der Waals surface area (Å²) in [6, 6.07) is 0. The minimum atomic E-state index is -0.189. The fourth-order valence-electron chi connectivity index (χ4n) is 3.55. The van der Waals surface area contributed by atoms with Gasteiger partial charge in [0.1, 0.15) is 26.4 Å². The zero-order chi connectivity index (χ0) is 35.0. The summed E-state index contributed by atoms with van der Waals surface area (Å²) >= 11 is 0. The maximum Gasteiger partial charge on any atom is 0.308 e. The smallest absolute Gasteiger partial charge is 0.308 e. The first-order chi connectivity index (χ1) is 22.1. The summed E-state index contributed by atoms with van der Waals surface area (Å²) in [5, 5.41) is 0. The van der Waals surface area contributed by atoms with Gasteiger partial charge < -0.3 is 37.9 Å². The van der Waals surface area contributed by atoms with E-state index in [2.05, 4.69) is 0 Å². The van der Waals surface area contributed by atoms with Crippen LogP contribution in [-0.2, 0) is 57.1 Å². The predicted octanol–water partition coefficient (Wildman–Crippen LogP) is 5.18. The fraction of sp³-hybridized carbons (Fsp3) is 0.882. The van der Waals surface area contributed by atoms with Gasteiger partial charge in [0.2, 0.25) is 0 Å². The molecule has 46 heavy (non-hydrogen) atoms. The van der Waals surface area contributed by atoms with E-state index in [4.69, 9.17) is 37.9 Å². The van der Waals surface area contributed by atoms with Crippen LogP contribution < -0.4 is 0 Å². The summed E-state index contributed by atoms with van der Waals surface area (Å²) in [4.78, 5) is 46.0. The fourth-order valence-corrected chi connectivity index (χ4v) is 3.55. The Morgan fingerprint density at radius 3 is 0.783 bits per heavy atom. The quantitative estimate of drug-likeness (QED) is 0.0618. The lowest BCUT2D eigenvalue weighted by Gasteiger charge is -2.12. The summed E-state index contributed by atoms with van der Waals surface area (Å²) in [5.74, 6) is -0.857. The van der Waals surface area contributed by atoms with Crippen LogP contribution >= 0.6 is 0 Å². The van der Waals surface area contributed by atoms with Crippen LogP contribution in [0.4, 0.5) is 0 Å². The summed E-state index contributed by atoms with van der Waals surface area (Å²) in [6.07, 6.45) is 4.74. The molecular formula is C34H64O12. The van der Waals surface area contributed by atoms with Crippen molar-refractivity contribution in [3.63, 3.8) is 0 Å². The number of esters is 4. The molecule has 0 heterocycles. The molecule has 0 amide bonds. The summed E-state index contributed by atoms with van der Waals surface area (Å²) in [6.45, 7) is 19.6. The highest BCUT2D eigenvalue weighted by Gasteiger charge is 2.16. The van der Waals surface area contributed by atoms with Crippen molar-refractivity contribution >= 4 is 23.9 Å². The highest BCUT2D eigenvalue weighted by molar-refractivity contribution is 5.73. The number of ether oxygens (including phenoxy) is 8. The van der Waals surface area contributed by atoms with E-state index in [1.54, 1.807) is 0 Å². The molecule has 0 aliphatic rings. The lowest BCUT2D eigenvalue weighted by atomic mass is 10.0. The van der Waals surface area contributed by atoms with Gasteiger partial charge >= 0.3 is 23.9 Å². The number of carbonyl (C=O) groups excluding carboxylic acids is 4. The van der Waals surface area contributed by atoms with Gasteiger partial charge in [-0.2, -0.15) is 0 Å². The third-order valence-corrected chi connectivity index (χ3v) is 7.30. The van der Waals surface area contributed by atoms with E-state index in [1.165, 1.54) is 0 Å². The van der Waals surface area contributed by atoms with E-state index in [9.17, 15) is 19.2 Å². The van der Waals surface area contributed by atoms with Crippen LogP contribution in [0.2, 0.25) is 0 Å². The molecule has 0 aliphatic carbocycles. The van der Waals surface area contributed by atoms with E-state index < -0.39 is 0 Å². The van der Waals surface area contributed by atoms with Gasteiger partial charge in [0, 0.05) is 0 Å². The number of hydrogen-bond donors (Lipinski definition) is 0. The highest BCUT2D eigenvalue weighted by Crippen LogP contribution is 2.10. The van der Waals surface area contributed by atoms with Crippen LogP contribution in [0.15, 0.2) is 0 Å². The first kappa shape index (κ1) is 45.8. The normalized spacial score (nSPS) is 12.2. The van der Waals surface area contributed by atoms with Crippen LogP contribution in [0, 0.1) is 23.7 Å². The lowest BCUT2D eigenvalue weighted by molar-refractivity contribution is -0.152. The molecule has 0 aromatic heterocycles. The van der Waals surface area contributed by atoms with Gasteiger partial charge in [-0.25, -0.2) is 0 Å². The molecule has 0 N–H and O–H groups in total. The number of carbonyl (C=O) groups is 4. The lowest BCUT2D eigenvalue weighted by Crippen LogP contribution is -2.20. The predicted molar refractivity (Wildman–Crippen MR) is 174 cm³/mol. The van der Waals surface area contributed by atoms with Crippen LogP contribution in [0.3, 0.4) is 0 Å². The third kappa shape index (κ3) is 25.9. The van der Waals surface area contributed by atoms with Crippen molar-refractivity contribution < 1.29 is 57.1 Å². The Kier molecular flexibility index (Phi) is 32.5. The summed E-state index contributed by atoms with van der Waals surface area (Å²) < 4.78 is 41.5. The van der Waals surface area contributed by atoms with Gasteiger partial charge in [-0.3, -0.25) is 19.2 Å². The average molecular weight is 665 g/mol. The zero-order valence-electron chi connectivity index (χ0n) is 29.9. The Morgan fingerprint density at radius 1 is 0.348 bits per heavy atom. The van der Waals surface area contributed by atoms with E-state index >= 15 is 0 Å². The molecule has 0 saturated carbocycles. The van der Waals surface area contributed by atoms with Crippen LogP contribution in [-0.4, -0.2) is 103 Å². The maximum atomic E-state index is 11.6. The van der Waals surface area contributed by atoms with E-state index in [-0.39, 0.29) is 74.0 Å². The Balaban J connectivity index is 0. The SMILES string of the molecule is CCC(C)C(=O)OCCOCCOCCOC(=O)C(C)CC.CCC(CC)C(=O)OCCOCCOCCOC(=O)C(CC)CC. The van der Waals surface area contributed by atoms with Gasteiger partial charge in [0.25, 0.3) is 0 Å². The topological polar surface area (TPSA) is 142 Å². The molecule has 2 atom stereocenters. The van der Waals surface area contributed by atoms with Gasteiger partial charge in [-0.05, 0) is 38.5 Å². The van der Waals surface area contributed by atoms with E-state index in [0.29, 0.717) is 52.9 Å². The van der Waals surface area contributed by atoms with Crippen molar-refractivity contribution in [2.75, 3.05) is 79.3 Å². The zero-order valence-corrected chi connectivity index (χ0v) is 29.9. The first-order valence-corrected chi connectivity index (χ1v) is 17.1. The largest absolute Gasteiger partial charge is 0.463 e. The van der Waals surface area contributed by atoms with Gasteiger partial charge in [-0.15, -0.1) is 0 Å². The summed E-state index contributed by atoms with van der Waals surface area (Å²) in [7, 11) is 0. The van der Waals surface area contributed by atoms with Crippen molar-refractivity contribution in [3.8, 4) is 0 Å². The second-order valence-electron chi connectivity index (χ2n) is 10.8. The van der Waals surface area contributed by atoms with Crippen LogP contribution in [0.5, 0.6) is 0 Å². The second-order valence-corrected chi connectivity index (χ2v) is 10.8. The number of hydrogen-bond acceptors (Lipinski definition) is 12. The average Bonchev–Trinajstić information content (AvgIpc) is 3.06. The molecule has 12 nitrogen and oxygen atoms in total.